The number of hydrogen-bond acceptors (Lipinski definition) is 3. The zero-order valence-electron chi connectivity index (χ0n) is 12.7. The van der Waals surface area contributed by atoms with E-state index < -0.39 is 0 Å². The van der Waals surface area contributed by atoms with Gasteiger partial charge in [0.05, 0.1) is 18.8 Å². The zero-order chi connectivity index (χ0) is 14.7. The van der Waals surface area contributed by atoms with E-state index in [-0.39, 0.29) is 12.1 Å². The Labute approximate surface area is 126 Å². The van der Waals surface area contributed by atoms with E-state index in [1.54, 1.807) is 0 Å². The highest BCUT2D eigenvalue weighted by atomic mass is 16.5. The molecule has 1 aromatic carbocycles. The van der Waals surface area contributed by atoms with Gasteiger partial charge in [-0.25, -0.2) is 4.98 Å². The Bertz CT molecular complexity index is 593. The molecule has 2 aromatic rings. The fraction of sp³-hybridized carbons (Fsp3) is 0.471. The number of fused-ring (bicyclic) bond motifs is 1. The molecule has 2 unspecified atom stereocenters. The number of hydrogen-bond donors (Lipinski definition) is 1. The van der Waals surface area contributed by atoms with Crippen LogP contribution in [0.25, 0.3) is 0 Å². The van der Waals surface area contributed by atoms with Gasteiger partial charge in [0.15, 0.2) is 0 Å². The standard InChI is InChI=1S/C17H23N3O/c1-3-18-15(17-19-9-10-20(17)2)12-16-14-7-5-4-6-13(14)8-11-21-16/h4-7,9-10,15-16,18H,3,8,11-12H2,1-2H3. The molecular formula is C17H23N3O. The van der Waals surface area contributed by atoms with Crippen molar-refractivity contribution in [1.82, 2.24) is 14.9 Å². The molecule has 0 radical (unpaired) electrons. The van der Waals surface area contributed by atoms with Gasteiger partial charge >= 0.3 is 0 Å². The second-order valence-corrected chi connectivity index (χ2v) is 5.55. The molecule has 0 saturated heterocycles. The van der Waals surface area contributed by atoms with E-state index in [2.05, 4.69) is 46.1 Å². The highest BCUT2D eigenvalue weighted by molar-refractivity contribution is 5.31. The first-order valence-electron chi connectivity index (χ1n) is 7.69. The van der Waals surface area contributed by atoms with Gasteiger partial charge in [0, 0.05) is 25.9 Å². The lowest BCUT2D eigenvalue weighted by molar-refractivity contribution is 0.0286. The van der Waals surface area contributed by atoms with Crippen molar-refractivity contribution >= 4 is 0 Å². The van der Waals surface area contributed by atoms with Crippen LogP contribution in [0.2, 0.25) is 0 Å². The Balaban J connectivity index is 1.83. The van der Waals surface area contributed by atoms with E-state index >= 15 is 0 Å². The van der Waals surface area contributed by atoms with Crippen LogP contribution in [0.4, 0.5) is 0 Å². The van der Waals surface area contributed by atoms with Gasteiger partial charge in [0.2, 0.25) is 0 Å². The summed E-state index contributed by atoms with van der Waals surface area (Å²) in [5, 5.41) is 3.54. The van der Waals surface area contributed by atoms with Crippen molar-refractivity contribution in [3.05, 3.63) is 53.6 Å². The molecule has 0 aliphatic carbocycles. The van der Waals surface area contributed by atoms with Gasteiger partial charge < -0.3 is 14.6 Å². The Morgan fingerprint density at radius 1 is 1.43 bits per heavy atom. The fourth-order valence-corrected chi connectivity index (χ4v) is 3.13. The molecule has 4 heteroatoms. The van der Waals surface area contributed by atoms with Crippen LogP contribution in [0, 0.1) is 0 Å². The lowest BCUT2D eigenvalue weighted by Crippen LogP contribution is -2.28. The summed E-state index contributed by atoms with van der Waals surface area (Å²) in [5.74, 6) is 1.07. The van der Waals surface area contributed by atoms with E-state index in [0.717, 1.165) is 31.8 Å². The summed E-state index contributed by atoms with van der Waals surface area (Å²) in [5.41, 5.74) is 2.75. The van der Waals surface area contributed by atoms with Gasteiger partial charge in [-0.3, -0.25) is 0 Å². The summed E-state index contributed by atoms with van der Waals surface area (Å²) in [6.07, 6.45) is 5.93. The highest BCUT2D eigenvalue weighted by Gasteiger charge is 2.26. The minimum atomic E-state index is 0.149. The number of benzene rings is 1. The Morgan fingerprint density at radius 2 is 2.29 bits per heavy atom. The van der Waals surface area contributed by atoms with Gasteiger partial charge in [-0.2, -0.15) is 0 Å². The first-order chi connectivity index (χ1) is 10.3. The predicted molar refractivity (Wildman–Crippen MR) is 83.1 cm³/mol. The highest BCUT2D eigenvalue weighted by Crippen LogP contribution is 2.33. The normalized spacial score (nSPS) is 19.2. The van der Waals surface area contributed by atoms with Gasteiger partial charge in [0.1, 0.15) is 5.82 Å². The second kappa shape index (κ2) is 6.41. The third-order valence-electron chi connectivity index (χ3n) is 4.16. The average Bonchev–Trinajstić information content (AvgIpc) is 2.93. The zero-order valence-corrected chi connectivity index (χ0v) is 12.7. The molecule has 2 heterocycles. The number of aromatic nitrogens is 2. The largest absolute Gasteiger partial charge is 0.373 e. The van der Waals surface area contributed by atoms with Crippen molar-refractivity contribution in [3.63, 3.8) is 0 Å². The molecule has 112 valence electrons. The Kier molecular flexibility index (Phi) is 4.36. The molecule has 3 rings (SSSR count). The quantitative estimate of drug-likeness (QED) is 0.918. The van der Waals surface area contributed by atoms with Crippen molar-refractivity contribution < 1.29 is 4.74 Å². The van der Waals surface area contributed by atoms with Crippen molar-refractivity contribution in [3.8, 4) is 0 Å². The van der Waals surface area contributed by atoms with Crippen LogP contribution >= 0.6 is 0 Å². The third-order valence-corrected chi connectivity index (χ3v) is 4.16. The molecule has 21 heavy (non-hydrogen) atoms. The number of nitrogens with zero attached hydrogens (tertiary/aromatic N) is 2. The molecule has 4 nitrogen and oxygen atoms in total. The topological polar surface area (TPSA) is 39.1 Å². The van der Waals surface area contributed by atoms with Crippen LogP contribution in [0.5, 0.6) is 0 Å². The fourth-order valence-electron chi connectivity index (χ4n) is 3.13. The lowest BCUT2D eigenvalue weighted by atomic mass is 9.93. The Morgan fingerprint density at radius 3 is 3.05 bits per heavy atom. The molecule has 1 aliphatic heterocycles. The van der Waals surface area contributed by atoms with Gasteiger partial charge in [-0.15, -0.1) is 0 Å². The van der Waals surface area contributed by atoms with E-state index in [4.69, 9.17) is 4.74 Å². The van der Waals surface area contributed by atoms with Crippen LogP contribution < -0.4 is 5.32 Å². The van der Waals surface area contributed by atoms with Crippen LogP contribution in [0.15, 0.2) is 36.7 Å². The lowest BCUT2D eigenvalue weighted by Gasteiger charge is -2.29. The Hall–Kier alpha value is -1.65. The molecule has 0 saturated carbocycles. The smallest absolute Gasteiger partial charge is 0.125 e. The van der Waals surface area contributed by atoms with E-state index in [1.165, 1.54) is 11.1 Å². The summed E-state index contributed by atoms with van der Waals surface area (Å²) < 4.78 is 8.13. The summed E-state index contributed by atoms with van der Waals surface area (Å²) in [6, 6.07) is 8.84. The van der Waals surface area contributed by atoms with E-state index in [9.17, 15) is 0 Å². The number of imidazole rings is 1. The first-order valence-corrected chi connectivity index (χ1v) is 7.69. The first kappa shape index (κ1) is 14.3. The maximum atomic E-state index is 6.04. The predicted octanol–water partition coefficient (Wildman–Crippen LogP) is 2.77. The van der Waals surface area contributed by atoms with Crippen molar-refractivity contribution in [2.45, 2.75) is 31.9 Å². The summed E-state index contributed by atoms with van der Waals surface area (Å²) in [7, 11) is 2.04. The van der Waals surface area contributed by atoms with Gasteiger partial charge in [0.25, 0.3) is 0 Å². The van der Waals surface area contributed by atoms with Crippen LogP contribution in [0.1, 0.15) is 42.4 Å². The molecule has 0 bridgehead atoms. The SMILES string of the molecule is CCNC(CC1OCCc2ccccc21)c1nccn1C. The van der Waals surface area contributed by atoms with Crippen molar-refractivity contribution in [1.29, 1.82) is 0 Å². The van der Waals surface area contributed by atoms with Crippen LogP contribution in [-0.2, 0) is 18.2 Å². The van der Waals surface area contributed by atoms with E-state index in [1.807, 2.05) is 19.4 Å². The summed E-state index contributed by atoms with van der Waals surface area (Å²) in [4.78, 5) is 4.50. The van der Waals surface area contributed by atoms with E-state index in [0.29, 0.717) is 0 Å². The molecule has 0 spiro atoms. The third kappa shape index (κ3) is 3.01. The monoisotopic (exact) mass is 285 g/mol. The minimum absolute atomic E-state index is 0.149. The molecular weight excluding hydrogens is 262 g/mol. The maximum Gasteiger partial charge on any atom is 0.125 e. The number of nitrogens with one attached hydrogen (secondary N) is 1. The molecule has 2 atom stereocenters. The molecule has 1 N–H and O–H groups in total. The summed E-state index contributed by atoms with van der Waals surface area (Å²) in [6.45, 7) is 3.86. The molecule has 1 aromatic heterocycles. The number of aryl methyl sites for hydroxylation is 1. The van der Waals surface area contributed by atoms with Crippen LogP contribution in [-0.4, -0.2) is 22.7 Å². The maximum absolute atomic E-state index is 6.04. The van der Waals surface area contributed by atoms with Gasteiger partial charge in [-0.05, 0) is 24.1 Å². The van der Waals surface area contributed by atoms with Crippen molar-refractivity contribution in [2.75, 3.05) is 13.2 Å². The van der Waals surface area contributed by atoms with Gasteiger partial charge in [-0.1, -0.05) is 31.2 Å². The number of ether oxygens (including phenoxy) is 1. The minimum Gasteiger partial charge on any atom is -0.373 e. The van der Waals surface area contributed by atoms with Crippen LogP contribution in [0.3, 0.4) is 0 Å². The molecule has 0 amide bonds. The summed E-state index contributed by atoms with van der Waals surface area (Å²) >= 11 is 0. The second-order valence-electron chi connectivity index (χ2n) is 5.55. The molecule has 0 fully saturated rings. The van der Waals surface area contributed by atoms with Crippen molar-refractivity contribution in [2.24, 2.45) is 7.05 Å². The molecule has 1 aliphatic rings. The average molecular weight is 285 g/mol. The number of rotatable bonds is 5.